The van der Waals surface area contributed by atoms with Crippen LogP contribution >= 0.6 is 0 Å². The van der Waals surface area contributed by atoms with Crippen molar-refractivity contribution < 1.29 is 28.6 Å². The Morgan fingerprint density at radius 2 is 1.84 bits per heavy atom. The Balaban J connectivity index is 1.32. The summed E-state index contributed by atoms with van der Waals surface area (Å²) in [6.07, 6.45) is 2.13. The Labute approximate surface area is 284 Å². The minimum atomic E-state index is -1.49. The van der Waals surface area contributed by atoms with Gasteiger partial charge in [-0.25, -0.2) is 18.4 Å². The molecule has 4 aromatic rings. The monoisotopic (exact) mass is 692 g/mol. The number of aromatic amines is 2. The predicted molar refractivity (Wildman–Crippen MR) is 182 cm³/mol. The number of nitrogens with zero attached hydrogens (tertiary/aromatic N) is 2. The van der Waals surface area contributed by atoms with E-state index in [4.69, 9.17) is 0 Å². The number of pyridine rings is 1. The van der Waals surface area contributed by atoms with Gasteiger partial charge in [0.2, 0.25) is 5.43 Å². The van der Waals surface area contributed by atoms with Gasteiger partial charge in [-0.15, -0.1) is 0 Å². The van der Waals surface area contributed by atoms with Crippen molar-refractivity contribution in [1.82, 2.24) is 24.8 Å². The van der Waals surface area contributed by atoms with Crippen LogP contribution in [0.3, 0.4) is 0 Å². The molecule has 1 aliphatic carbocycles. The van der Waals surface area contributed by atoms with Crippen LogP contribution < -0.4 is 27.3 Å². The van der Waals surface area contributed by atoms with Crippen LogP contribution in [0.4, 0.5) is 20.3 Å². The maximum absolute atomic E-state index is 16.5. The molecular weight excluding hydrogens is 654 g/mol. The number of aryl methyl sites for hydroxylation is 2. The second-order valence-corrected chi connectivity index (χ2v) is 12.9. The second kappa shape index (κ2) is 14.0. The fourth-order valence-corrected chi connectivity index (χ4v) is 6.84. The number of rotatable bonds is 12. The minimum Gasteiger partial charge on any atom is -0.480 e. The zero-order chi connectivity index (χ0) is 35.9. The third kappa shape index (κ3) is 6.83. The Morgan fingerprint density at radius 3 is 2.50 bits per heavy atom. The summed E-state index contributed by atoms with van der Waals surface area (Å²) >= 11 is 0. The second-order valence-electron chi connectivity index (χ2n) is 12.9. The molecule has 264 valence electrons. The van der Waals surface area contributed by atoms with Crippen LogP contribution in [0.2, 0.25) is 0 Å². The SMILES string of the molecule is CCc1cc(Nc2cc(=O)n(CCCC(c3c(F)cc4c(=O)c(C(=O)O)c(C5CC5)[nH]c4c3F)N3CCNC(C(=O)O)C3)c(=O)[nH]2)ccc1C. The van der Waals surface area contributed by atoms with Gasteiger partial charge in [-0.05, 0) is 68.4 Å². The molecule has 1 aliphatic heterocycles. The largest absolute Gasteiger partial charge is 0.480 e. The maximum atomic E-state index is 16.5. The van der Waals surface area contributed by atoms with Crippen LogP contribution in [0, 0.1) is 18.6 Å². The molecule has 0 bridgehead atoms. The number of halogens is 2. The molecule has 50 heavy (non-hydrogen) atoms. The first-order valence-electron chi connectivity index (χ1n) is 16.6. The summed E-state index contributed by atoms with van der Waals surface area (Å²) in [6.45, 7) is 4.26. The average molecular weight is 693 g/mol. The van der Waals surface area contributed by atoms with Crippen molar-refractivity contribution in [1.29, 1.82) is 0 Å². The molecule has 2 aromatic heterocycles. The number of piperazine rings is 1. The van der Waals surface area contributed by atoms with Gasteiger partial charge in [0.15, 0.2) is 5.82 Å². The summed E-state index contributed by atoms with van der Waals surface area (Å²) in [4.78, 5) is 70.2. The topological polar surface area (TPSA) is 190 Å². The smallest absolute Gasteiger partial charge is 0.341 e. The van der Waals surface area contributed by atoms with E-state index in [0.717, 1.165) is 28.2 Å². The number of hydrogen-bond acceptors (Lipinski definition) is 8. The maximum Gasteiger partial charge on any atom is 0.341 e. The van der Waals surface area contributed by atoms with Gasteiger partial charge in [0, 0.05) is 61.1 Å². The lowest BCUT2D eigenvalue weighted by molar-refractivity contribution is -0.141. The quantitative estimate of drug-likeness (QED) is 0.128. The molecule has 1 saturated heterocycles. The van der Waals surface area contributed by atoms with Crippen LogP contribution in [0.25, 0.3) is 10.9 Å². The Morgan fingerprint density at radius 1 is 1.08 bits per heavy atom. The summed E-state index contributed by atoms with van der Waals surface area (Å²) in [7, 11) is 0. The average Bonchev–Trinajstić information content (AvgIpc) is 3.92. The molecule has 0 radical (unpaired) electrons. The summed E-state index contributed by atoms with van der Waals surface area (Å²) in [5.41, 5.74) is -0.559. The first-order valence-corrected chi connectivity index (χ1v) is 16.6. The highest BCUT2D eigenvalue weighted by atomic mass is 19.1. The van der Waals surface area contributed by atoms with Gasteiger partial charge >= 0.3 is 17.6 Å². The molecule has 13 nitrogen and oxygen atoms in total. The normalized spacial score (nSPS) is 17.2. The molecule has 6 N–H and O–H groups in total. The highest BCUT2D eigenvalue weighted by Gasteiger charge is 2.36. The van der Waals surface area contributed by atoms with Crippen molar-refractivity contribution in [2.45, 2.75) is 70.5 Å². The highest BCUT2D eigenvalue weighted by molar-refractivity contribution is 5.94. The van der Waals surface area contributed by atoms with Crippen LogP contribution in [0.5, 0.6) is 0 Å². The zero-order valence-electron chi connectivity index (χ0n) is 27.6. The number of aliphatic carboxylic acids is 1. The molecule has 2 aromatic carbocycles. The number of benzene rings is 2. The summed E-state index contributed by atoms with van der Waals surface area (Å²) in [5, 5.41) is 24.9. The van der Waals surface area contributed by atoms with Gasteiger partial charge in [0.05, 0.1) is 10.9 Å². The van der Waals surface area contributed by atoms with Gasteiger partial charge in [-0.1, -0.05) is 13.0 Å². The Bertz CT molecular complexity index is 2140. The highest BCUT2D eigenvalue weighted by Crippen LogP contribution is 2.41. The van der Waals surface area contributed by atoms with E-state index in [1.165, 1.54) is 6.07 Å². The van der Waals surface area contributed by atoms with Crippen LogP contribution in [-0.4, -0.2) is 67.3 Å². The fourth-order valence-electron chi connectivity index (χ4n) is 6.84. The van der Waals surface area contributed by atoms with Crippen molar-refractivity contribution in [3.05, 3.63) is 101 Å². The summed E-state index contributed by atoms with van der Waals surface area (Å²) in [5.74, 6) is -4.89. The van der Waals surface area contributed by atoms with E-state index in [9.17, 15) is 34.2 Å². The van der Waals surface area contributed by atoms with Crippen molar-refractivity contribution in [3.63, 3.8) is 0 Å². The fraction of sp³-hybridized carbons (Fsp3) is 0.400. The Hall–Kier alpha value is -5.15. The molecule has 2 fully saturated rings. The van der Waals surface area contributed by atoms with E-state index < -0.39 is 68.8 Å². The van der Waals surface area contributed by atoms with E-state index >= 15 is 8.78 Å². The lowest BCUT2D eigenvalue weighted by Crippen LogP contribution is -2.55. The predicted octanol–water partition coefficient (Wildman–Crippen LogP) is 3.73. The molecule has 0 amide bonds. The van der Waals surface area contributed by atoms with Crippen LogP contribution in [0.15, 0.2) is 44.7 Å². The number of aromatic carboxylic acids is 1. The lowest BCUT2D eigenvalue weighted by atomic mass is 9.94. The number of aromatic nitrogens is 3. The van der Waals surface area contributed by atoms with E-state index in [2.05, 4.69) is 20.6 Å². The first kappa shape index (κ1) is 34.7. The molecule has 2 aliphatic rings. The molecule has 3 heterocycles. The molecule has 6 rings (SSSR count). The van der Waals surface area contributed by atoms with E-state index in [0.29, 0.717) is 18.5 Å². The lowest BCUT2D eigenvalue weighted by Gasteiger charge is -2.38. The van der Waals surface area contributed by atoms with Crippen molar-refractivity contribution in [2.24, 2.45) is 0 Å². The molecule has 1 saturated carbocycles. The molecule has 0 spiro atoms. The van der Waals surface area contributed by atoms with Crippen molar-refractivity contribution in [3.8, 4) is 0 Å². The number of anilines is 2. The number of hydrogen-bond donors (Lipinski definition) is 6. The molecule has 15 heteroatoms. The van der Waals surface area contributed by atoms with E-state index in [1.54, 1.807) is 4.90 Å². The van der Waals surface area contributed by atoms with Gasteiger partial charge in [-0.2, -0.15) is 0 Å². The summed E-state index contributed by atoms with van der Waals surface area (Å²) < 4.78 is 33.5. The standard InChI is InChI=1S/C35H38F2N6O7/c1-3-18-13-20(9-6-17(18)2)39-25-15-26(44)43(35(50)40-25)11-4-5-24(42-12-10-38-23(16-42)33(46)47)27-22(36)14-21-31(29(27)37)41-30(19-7-8-19)28(32(21)45)34(48)49/h6,9,13-15,19,23-24,38-39H,3-5,7-8,10-12,16H2,1-2H3,(H,40,50)(H,41,45)(H,46,47)(H,48,49). The number of nitrogens with one attached hydrogen (secondary N) is 4. The molecule has 2 unspecified atom stereocenters. The van der Waals surface area contributed by atoms with Gasteiger partial charge in [0.1, 0.15) is 23.2 Å². The van der Waals surface area contributed by atoms with Crippen molar-refractivity contribution >= 4 is 34.3 Å². The number of carbonyl (C=O) groups is 2. The Kier molecular flexibility index (Phi) is 9.71. The number of carboxylic acid groups (broad SMARTS) is 2. The third-order valence-electron chi connectivity index (χ3n) is 9.62. The van der Waals surface area contributed by atoms with Crippen molar-refractivity contribution in [2.75, 3.05) is 25.0 Å². The van der Waals surface area contributed by atoms with Gasteiger partial charge < -0.3 is 25.8 Å². The summed E-state index contributed by atoms with van der Waals surface area (Å²) in [6, 6.07) is 5.69. The van der Waals surface area contributed by atoms with Crippen LogP contribution in [0.1, 0.15) is 77.3 Å². The van der Waals surface area contributed by atoms with Gasteiger partial charge in [0.25, 0.3) is 5.56 Å². The van der Waals surface area contributed by atoms with Gasteiger partial charge in [-0.3, -0.25) is 28.8 Å². The number of H-pyrrole nitrogens is 2. The van der Waals surface area contributed by atoms with Crippen LogP contribution in [-0.2, 0) is 17.8 Å². The van der Waals surface area contributed by atoms with E-state index in [1.807, 2.05) is 32.0 Å². The first-order chi connectivity index (χ1) is 23.9. The zero-order valence-corrected chi connectivity index (χ0v) is 27.6. The number of carboxylic acids is 2. The molecular formula is C35H38F2N6O7. The van der Waals surface area contributed by atoms with E-state index in [-0.39, 0.29) is 62.0 Å². The molecule has 2 atom stereocenters. The number of fused-ring (bicyclic) bond motifs is 1. The minimum absolute atomic E-state index is 0.00759. The third-order valence-corrected chi connectivity index (χ3v) is 9.62.